The smallest absolute Gasteiger partial charge is 0.319 e. The minimum absolute atomic E-state index is 0.0170. The zero-order valence-electron chi connectivity index (χ0n) is 12.6. The third kappa shape index (κ3) is 11.3. The van der Waals surface area contributed by atoms with Crippen molar-refractivity contribution in [3.05, 3.63) is 0 Å². The van der Waals surface area contributed by atoms with Gasteiger partial charge < -0.3 is 4.74 Å². The molecule has 0 fully saturated rings. The largest absolute Gasteiger partial charge is 0.465 e. The van der Waals surface area contributed by atoms with Crippen LogP contribution in [0, 0.1) is 0 Å². The zero-order valence-corrected chi connectivity index (χ0v) is 13.4. The van der Waals surface area contributed by atoms with Crippen LogP contribution in [0.4, 0.5) is 4.39 Å². The number of carbonyl (C=O) groups excluding carboxylic acids is 1. The van der Waals surface area contributed by atoms with Gasteiger partial charge in [-0.05, 0) is 38.4 Å². The molecule has 2 atom stereocenters. The maximum atomic E-state index is 12.6. The summed E-state index contributed by atoms with van der Waals surface area (Å²) in [6, 6.07) is 0. The Kier molecular flexibility index (Phi) is 12.6. The number of esters is 1. The Bertz CT molecular complexity index is 222. The van der Waals surface area contributed by atoms with E-state index in [1.807, 2.05) is 6.92 Å². The monoisotopic (exact) mass is 292 g/mol. The van der Waals surface area contributed by atoms with Crippen LogP contribution in [0.15, 0.2) is 0 Å². The first-order valence-electron chi connectivity index (χ1n) is 7.54. The van der Waals surface area contributed by atoms with Crippen molar-refractivity contribution in [2.75, 3.05) is 12.4 Å². The minimum atomic E-state index is -0.690. The molecule has 2 nitrogen and oxygen atoms in total. The van der Waals surface area contributed by atoms with Crippen LogP contribution in [0.1, 0.15) is 65.7 Å². The highest BCUT2D eigenvalue weighted by atomic mass is 32.2. The first-order valence-corrected chi connectivity index (χ1v) is 8.59. The molecule has 0 spiro atoms. The lowest BCUT2D eigenvalue weighted by Gasteiger charge is -2.14. The Morgan fingerprint density at radius 1 is 1.16 bits per heavy atom. The Morgan fingerprint density at radius 3 is 2.47 bits per heavy atom. The van der Waals surface area contributed by atoms with Gasteiger partial charge in [0.15, 0.2) is 0 Å². The average Bonchev–Trinajstić information content (AvgIpc) is 2.38. The standard InChI is InChI=1S/C15H29FO2S/c1-4-9-14(15(17)18-11-5-2)19-12-8-6-7-10-13(3)16/h13-14H,4-12H2,1-3H3. The van der Waals surface area contributed by atoms with Crippen molar-refractivity contribution in [2.24, 2.45) is 0 Å². The van der Waals surface area contributed by atoms with Gasteiger partial charge in [0.1, 0.15) is 5.25 Å². The van der Waals surface area contributed by atoms with Gasteiger partial charge in [0, 0.05) is 0 Å². The van der Waals surface area contributed by atoms with Crippen molar-refractivity contribution >= 4 is 17.7 Å². The number of alkyl halides is 1. The SMILES string of the molecule is CCCOC(=O)C(CCC)SCCCCCC(C)F. The molecule has 114 valence electrons. The molecule has 19 heavy (non-hydrogen) atoms. The number of rotatable bonds is 12. The second kappa shape index (κ2) is 12.8. The summed E-state index contributed by atoms with van der Waals surface area (Å²) in [5.41, 5.74) is 0. The highest BCUT2D eigenvalue weighted by Crippen LogP contribution is 2.20. The van der Waals surface area contributed by atoms with Gasteiger partial charge in [-0.25, -0.2) is 4.39 Å². The molecule has 0 radical (unpaired) electrons. The maximum absolute atomic E-state index is 12.6. The molecule has 0 saturated carbocycles. The molecule has 0 aromatic rings. The molecule has 0 aliphatic carbocycles. The lowest BCUT2D eigenvalue weighted by Crippen LogP contribution is -2.21. The number of halogens is 1. The van der Waals surface area contributed by atoms with Crippen LogP contribution in [0.2, 0.25) is 0 Å². The van der Waals surface area contributed by atoms with E-state index < -0.39 is 6.17 Å². The van der Waals surface area contributed by atoms with Crippen LogP contribution >= 0.6 is 11.8 Å². The average molecular weight is 292 g/mol. The first-order chi connectivity index (χ1) is 9.11. The van der Waals surface area contributed by atoms with Crippen LogP contribution in [0.25, 0.3) is 0 Å². The highest BCUT2D eigenvalue weighted by molar-refractivity contribution is 8.00. The lowest BCUT2D eigenvalue weighted by atomic mass is 10.1. The van der Waals surface area contributed by atoms with Gasteiger partial charge in [0.2, 0.25) is 0 Å². The summed E-state index contributed by atoms with van der Waals surface area (Å²) in [7, 11) is 0. The molecule has 0 aliphatic rings. The topological polar surface area (TPSA) is 26.3 Å². The van der Waals surface area contributed by atoms with Gasteiger partial charge in [0.25, 0.3) is 0 Å². The molecule has 0 aliphatic heterocycles. The number of carbonyl (C=O) groups is 1. The summed E-state index contributed by atoms with van der Waals surface area (Å²) < 4.78 is 17.8. The molecule has 0 saturated heterocycles. The minimum Gasteiger partial charge on any atom is -0.465 e. The predicted molar refractivity (Wildman–Crippen MR) is 81.4 cm³/mol. The quantitative estimate of drug-likeness (QED) is 0.383. The fourth-order valence-electron chi connectivity index (χ4n) is 1.76. The van der Waals surface area contributed by atoms with Crippen molar-refractivity contribution in [3.8, 4) is 0 Å². The molecule has 0 aromatic carbocycles. The van der Waals surface area contributed by atoms with Crippen molar-refractivity contribution in [1.29, 1.82) is 0 Å². The summed E-state index contributed by atoms with van der Waals surface area (Å²) >= 11 is 1.70. The van der Waals surface area contributed by atoms with Gasteiger partial charge in [-0.15, -0.1) is 11.8 Å². The fourth-order valence-corrected chi connectivity index (χ4v) is 3.02. The third-order valence-electron chi connectivity index (χ3n) is 2.83. The van der Waals surface area contributed by atoms with Crippen LogP contribution in [0.3, 0.4) is 0 Å². The van der Waals surface area contributed by atoms with E-state index in [0.717, 1.165) is 44.3 Å². The van der Waals surface area contributed by atoms with Crippen molar-refractivity contribution in [3.63, 3.8) is 0 Å². The highest BCUT2D eigenvalue weighted by Gasteiger charge is 2.18. The number of hydrogen-bond acceptors (Lipinski definition) is 3. The van der Waals surface area contributed by atoms with E-state index in [2.05, 4.69) is 6.92 Å². The van der Waals surface area contributed by atoms with Gasteiger partial charge in [-0.1, -0.05) is 33.1 Å². The van der Waals surface area contributed by atoms with E-state index in [1.54, 1.807) is 18.7 Å². The van der Waals surface area contributed by atoms with Gasteiger partial charge in [0.05, 0.1) is 12.8 Å². The van der Waals surface area contributed by atoms with Crippen molar-refractivity contribution in [2.45, 2.75) is 77.1 Å². The van der Waals surface area contributed by atoms with E-state index in [4.69, 9.17) is 4.74 Å². The van der Waals surface area contributed by atoms with E-state index in [0.29, 0.717) is 13.0 Å². The normalized spacial score (nSPS) is 14.1. The van der Waals surface area contributed by atoms with Crippen LogP contribution in [-0.4, -0.2) is 29.8 Å². The second-order valence-corrected chi connectivity index (χ2v) is 6.26. The van der Waals surface area contributed by atoms with Gasteiger partial charge >= 0.3 is 5.97 Å². The molecule has 0 aromatic heterocycles. The summed E-state index contributed by atoms with van der Waals surface area (Å²) in [6.07, 6.45) is 5.76. The zero-order chi connectivity index (χ0) is 14.5. The number of unbranched alkanes of at least 4 members (excludes halogenated alkanes) is 2. The summed E-state index contributed by atoms with van der Waals surface area (Å²) in [6.45, 7) is 6.22. The first kappa shape index (κ1) is 18.8. The van der Waals surface area contributed by atoms with Crippen LogP contribution in [-0.2, 0) is 9.53 Å². The summed E-state index contributed by atoms with van der Waals surface area (Å²) in [5.74, 6) is 0.901. The van der Waals surface area contributed by atoms with E-state index in [-0.39, 0.29) is 11.2 Å². The Labute approximate surface area is 121 Å². The van der Waals surface area contributed by atoms with Crippen molar-refractivity contribution in [1.82, 2.24) is 0 Å². The van der Waals surface area contributed by atoms with E-state index in [9.17, 15) is 9.18 Å². The fraction of sp³-hybridized carbons (Fsp3) is 0.933. The Hall–Kier alpha value is -0.250. The number of ether oxygens (including phenoxy) is 1. The Balaban J connectivity index is 3.72. The molecule has 0 heterocycles. The third-order valence-corrected chi connectivity index (χ3v) is 4.18. The molecule has 4 heteroatoms. The second-order valence-electron chi connectivity index (χ2n) is 4.95. The Morgan fingerprint density at radius 2 is 1.89 bits per heavy atom. The molecule has 0 amide bonds. The van der Waals surface area contributed by atoms with E-state index >= 15 is 0 Å². The van der Waals surface area contributed by atoms with E-state index in [1.165, 1.54) is 0 Å². The molecular weight excluding hydrogens is 263 g/mol. The summed E-state index contributed by atoms with van der Waals surface area (Å²) in [5, 5.41) is -0.0170. The molecule has 0 N–H and O–H groups in total. The molecule has 0 rings (SSSR count). The lowest BCUT2D eigenvalue weighted by molar-refractivity contribution is -0.143. The maximum Gasteiger partial charge on any atom is 0.319 e. The van der Waals surface area contributed by atoms with Crippen LogP contribution < -0.4 is 0 Å². The van der Waals surface area contributed by atoms with Gasteiger partial charge in [-0.2, -0.15) is 0 Å². The van der Waals surface area contributed by atoms with Crippen molar-refractivity contribution < 1.29 is 13.9 Å². The summed E-state index contributed by atoms with van der Waals surface area (Å²) in [4.78, 5) is 11.8. The molecule has 2 unspecified atom stereocenters. The number of thioether (sulfide) groups is 1. The molecule has 0 bridgehead atoms. The van der Waals surface area contributed by atoms with Gasteiger partial charge in [-0.3, -0.25) is 4.79 Å². The predicted octanol–water partition coefficient (Wildman–Crippen LogP) is 4.76. The molecular formula is C15H29FO2S. The number of hydrogen-bond donors (Lipinski definition) is 0. The van der Waals surface area contributed by atoms with Crippen LogP contribution in [0.5, 0.6) is 0 Å².